The molecule has 1 aliphatic heterocycles. The van der Waals surface area contributed by atoms with Crippen LogP contribution < -0.4 is 15.4 Å². The van der Waals surface area contributed by atoms with Crippen LogP contribution in [0.5, 0.6) is 5.88 Å². The molecule has 0 aromatic carbocycles. The maximum Gasteiger partial charge on any atom is 0.228 e. The van der Waals surface area contributed by atoms with Crippen molar-refractivity contribution in [2.75, 3.05) is 24.6 Å². The minimum Gasteiger partial charge on any atom is -0.469 e. The van der Waals surface area contributed by atoms with Gasteiger partial charge in [0.2, 0.25) is 11.8 Å². The van der Waals surface area contributed by atoms with Crippen molar-refractivity contribution in [2.24, 2.45) is 10.9 Å². The molecule has 0 spiro atoms. The molecule has 1 aromatic heterocycles. The van der Waals surface area contributed by atoms with Crippen molar-refractivity contribution in [3.05, 3.63) is 11.8 Å². The van der Waals surface area contributed by atoms with Crippen LogP contribution in [0.25, 0.3) is 0 Å². The molecule has 1 aliphatic rings. The number of anilines is 1. The average Bonchev–Trinajstić information content (AvgIpc) is 2.45. The number of rotatable bonds is 4. The first-order valence-corrected chi connectivity index (χ1v) is 6.39. The standard InChI is InChI=1S/C12H19N5O2/c1-9-7-11(19-8-10(13)16-18)15-12(14-9)17-5-3-2-4-6-17/h7,18H,2-6,8H2,1H3,(H2,13,16). The van der Waals surface area contributed by atoms with Gasteiger partial charge in [-0.25, -0.2) is 4.98 Å². The number of amidine groups is 1. The van der Waals surface area contributed by atoms with Crippen molar-refractivity contribution in [1.82, 2.24) is 9.97 Å². The number of hydrogen-bond donors (Lipinski definition) is 2. The van der Waals surface area contributed by atoms with E-state index in [1.165, 1.54) is 6.42 Å². The second kappa shape index (κ2) is 6.21. The summed E-state index contributed by atoms with van der Waals surface area (Å²) in [6, 6.07) is 1.73. The summed E-state index contributed by atoms with van der Waals surface area (Å²) in [6.07, 6.45) is 3.59. The zero-order valence-electron chi connectivity index (χ0n) is 11.0. The summed E-state index contributed by atoms with van der Waals surface area (Å²) in [5.41, 5.74) is 6.20. The molecule has 0 amide bonds. The third kappa shape index (κ3) is 3.70. The molecule has 2 rings (SSSR count). The van der Waals surface area contributed by atoms with E-state index in [-0.39, 0.29) is 12.4 Å². The van der Waals surface area contributed by atoms with Crippen LogP contribution in [0.2, 0.25) is 0 Å². The zero-order valence-corrected chi connectivity index (χ0v) is 11.0. The van der Waals surface area contributed by atoms with Gasteiger partial charge in [-0.05, 0) is 26.2 Å². The highest BCUT2D eigenvalue weighted by molar-refractivity contribution is 5.81. The number of hydrogen-bond acceptors (Lipinski definition) is 6. The Hall–Kier alpha value is -2.05. The van der Waals surface area contributed by atoms with Gasteiger partial charge in [0, 0.05) is 24.8 Å². The van der Waals surface area contributed by atoms with Gasteiger partial charge in [-0.1, -0.05) is 5.16 Å². The van der Waals surface area contributed by atoms with Gasteiger partial charge >= 0.3 is 0 Å². The second-order valence-electron chi connectivity index (χ2n) is 4.58. The van der Waals surface area contributed by atoms with Crippen LogP contribution in [0.3, 0.4) is 0 Å². The Balaban J connectivity index is 2.09. The van der Waals surface area contributed by atoms with Gasteiger partial charge < -0.3 is 20.6 Å². The van der Waals surface area contributed by atoms with E-state index in [2.05, 4.69) is 20.0 Å². The lowest BCUT2D eigenvalue weighted by Crippen LogP contribution is -2.31. The molecule has 0 radical (unpaired) electrons. The monoisotopic (exact) mass is 265 g/mol. The summed E-state index contributed by atoms with van der Waals surface area (Å²) in [5.74, 6) is 1.14. The summed E-state index contributed by atoms with van der Waals surface area (Å²) < 4.78 is 5.38. The summed E-state index contributed by atoms with van der Waals surface area (Å²) in [6.45, 7) is 3.85. The molecule has 3 N–H and O–H groups in total. The molecule has 1 saturated heterocycles. The Morgan fingerprint density at radius 1 is 1.42 bits per heavy atom. The summed E-state index contributed by atoms with van der Waals surface area (Å²) >= 11 is 0. The van der Waals surface area contributed by atoms with E-state index >= 15 is 0 Å². The highest BCUT2D eigenvalue weighted by Crippen LogP contribution is 2.19. The van der Waals surface area contributed by atoms with Gasteiger partial charge in [0.15, 0.2) is 12.4 Å². The predicted molar refractivity (Wildman–Crippen MR) is 71.7 cm³/mol. The Morgan fingerprint density at radius 3 is 2.84 bits per heavy atom. The van der Waals surface area contributed by atoms with Gasteiger partial charge in [0.1, 0.15) is 0 Å². The fourth-order valence-electron chi connectivity index (χ4n) is 2.01. The normalized spacial score (nSPS) is 16.5. The Kier molecular flexibility index (Phi) is 4.38. The quantitative estimate of drug-likeness (QED) is 0.363. The lowest BCUT2D eigenvalue weighted by atomic mass is 10.1. The van der Waals surface area contributed by atoms with Gasteiger partial charge in [-0.3, -0.25) is 0 Å². The zero-order chi connectivity index (χ0) is 13.7. The predicted octanol–water partition coefficient (Wildman–Crippen LogP) is 0.901. The number of aromatic nitrogens is 2. The molecule has 0 bridgehead atoms. The van der Waals surface area contributed by atoms with Crippen LogP contribution >= 0.6 is 0 Å². The first kappa shape index (κ1) is 13.4. The van der Waals surface area contributed by atoms with Crippen LogP contribution in [-0.4, -0.2) is 40.7 Å². The van der Waals surface area contributed by atoms with E-state index in [1.54, 1.807) is 6.07 Å². The number of ether oxygens (including phenoxy) is 1. The maximum atomic E-state index is 8.47. The topological polar surface area (TPSA) is 96.9 Å². The number of piperidine rings is 1. The fourth-order valence-corrected chi connectivity index (χ4v) is 2.01. The molecule has 0 atom stereocenters. The van der Waals surface area contributed by atoms with E-state index in [0.717, 1.165) is 31.6 Å². The van der Waals surface area contributed by atoms with Crippen molar-refractivity contribution in [2.45, 2.75) is 26.2 Å². The van der Waals surface area contributed by atoms with E-state index in [4.69, 9.17) is 15.7 Å². The molecular formula is C12H19N5O2. The van der Waals surface area contributed by atoms with Crippen LogP contribution in [0, 0.1) is 6.92 Å². The fraction of sp³-hybridized carbons (Fsp3) is 0.583. The largest absolute Gasteiger partial charge is 0.469 e. The van der Waals surface area contributed by atoms with Crippen molar-refractivity contribution in [3.63, 3.8) is 0 Å². The van der Waals surface area contributed by atoms with Crippen molar-refractivity contribution in [1.29, 1.82) is 0 Å². The molecule has 1 fully saturated rings. The van der Waals surface area contributed by atoms with Crippen LogP contribution in [0.4, 0.5) is 5.95 Å². The van der Waals surface area contributed by atoms with E-state index in [1.807, 2.05) is 6.92 Å². The van der Waals surface area contributed by atoms with Crippen LogP contribution in [0.15, 0.2) is 11.2 Å². The van der Waals surface area contributed by atoms with Gasteiger partial charge in [0.05, 0.1) is 0 Å². The van der Waals surface area contributed by atoms with Crippen molar-refractivity contribution in [3.8, 4) is 5.88 Å². The molecule has 2 heterocycles. The second-order valence-corrected chi connectivity index (χ2v) is 4.58. The molecule has 7 heteroatoms. The van der Waals surface area contributed by atoms with E-state index in [0.29, 0.717) is 11.8 Å². The third-order valence-corrected chi connectivity index (χ3v) is 2.95. The van der Waals surface area contributed by atoms with Crippen LogP contribution in [0.1, 0.15) is 25.0 Å². The lowest BCUT2D eigenvalue weighted by Gasteiger charge is -2.26. The van der Waals surface area contributed by atoms with E-state index < -0.39 is 0 Å². The van der Waals surface area contributed by atoms with Crippen molar-refractivity contribution < 1.29 is 9.94 Å². The highest BCUT2D eigenvalue weighted by Gasteiger charge is 2.15. The van der Waals surface area contributed by atoms with Gasteiger partial charge in [0.25, 0.3) is 0 Å². The molecule has 0 aliphatic carbocycles. The minimum absolute atomic E-state index is 0.00634. The van der Waals surface area contributed by atoms with Gasteiger partial charge in [-0.2, -0.15) is 4.98 Å². The summed E-state index contributed by atoms with van der Waals surface area (Å²) in [4.78, 5) is 11.0. The van der Waals surface area contributed by atoms with E-state index in [9.17, 15) is 0 Å². The molecule has 7 nitrogen and oxygen atoms in total. The molecule has 19 heavy (non-hydrogen) atoms. The van der Waals surface area contributed by atoms with Crippen LogP contribution in [-0.2, 0) is 0 Å². The Labute approximate surface area is 112 Å². The number of oxime groups is 1. The SMILES string of the molecule is Cc1cc(OCC(N)=NO)nc(N2CCCCC2)n1. The first-order valence-electron chi connectivity index (χ1n) is 6.39. The summed E-state index contributed by atoms with van der Waals surface area (Å²) in [7, 11) is 0. The highest BCUT2D eigenvalue weighted by atomic mass is 16.5. The maximum absolute atomic E-state index is 8.47. The lowest BCUT2D eigenvalue weighted by molar-refractivity contribution is 0.304. The third-order valence-electron chi connectivity index (χ3n) is 2.95. The molecule has 0 saturated carbocycles. The Bertz CT molecular complexity index is 457. The molecule has 104 valence electrons. The molecule has 0 unspecified atom stereocenters. The van der Waals surface area contributed by atoms with Gasteiger partial charge in [-0.15, -0.1) is 0 Å². The molecular weight excluding hydrogens is 246 g/mol. The average molecular weight is 265 g/mol. The summed E-state index contributed by atoms with van der Waals surface area (Å²) in [5, 5.41) is 11.3. The smallest absolute Gasteiger partial charge is 0.228 e. The van der Waals surface area contributed by atoms with Crippen molar-refractivity contribution >= 4 is 11.8 Å². The number of aryl methyl sites for hydroxylation is 1. The number of nitrogens with two attached hydrogens (primary N) is 1. The Morgan fingerprint density at radius 2 is 2.16 bits per heavy atom. The minimum atomic E-state index is 0.00634. The molecule has 1 aromatic rings. The number of nitrogens with zero attached hydrogens (tertiary/aromatic N) is 4. The first-order chi connectivity index (χ1) is 9.19.